The lowest BCUT2D eigenvalue weighted by atomic mass is 10.2. The van der Waals surface area contributed by atoms with Crippen molar-refractivity contribution in [3.05, 3.63) is 67.3 Å². The molecule has 1 aliphatic rings. The highest BCUT2D eigenvalue weighted by Gasteiger charge is 2.32. The molecule has 18 heteroatoms. The van der Waals surface area contributed by atoms with E-state index in [-0.39, 0.29) is 33.2 Å². The number of alkyl halides is 3. The van der Waals surface area contributed by atoms with Crippen molar-refractivity contribution >= 4 is 56.5 Å². The maximum absolute atomic E-state index is 14.1. The van der Waals surface area contributed by atoms with Gasteiger partial charge in [0.1, 0.15) is 18.6 Å². The first-order valence-electron chi connectivity index (χ1n) is 16.3. The Hall–Kier alpha value is -4.25. The van der Waals surface area contributed by atoms with E-state index in [1.54, 1.807) is 0 Å². The molecule has 1 aromatic carbocycles. The predicted molar refractivity (Wildman–Crippen MR) is 156 cm³/mol. The zero-order valence-electron chi connectivity index (χ0n) is 30.4. The molecule has 1 fully saturated rings. The third kappa shape index (κ3) is 5.93. The number of rotatable bonds is 6. The minimum Gasteiger partial charge on any atom is -0.504 e. The first-order chi connectivity index (χ1) is 23.8. The Morgan fingerprint density at radius 2 is 1.91 bits per heavy atom. The number of nitrogens with one attached hydrogen (secondary N) is 1. The Kier molecular flexibility index (Phi) is 6.09. The van der Waals surface area contributed by atoms with Crippen LogP contribution in [0.25, 0.3) is 5.78 Å². The summed E-state index contributed by atoms with van der Waals surface area (Å²) in [6.07, 6.45) is -4.29. The summed E-state index contributed by atoms with van der Waals surface area (Å²) in [4.78, 5) is 51.9. The van der Waals surface area contributed by atoms with Crippen LogP contribution in [0.4, 0.5) is 24.5 Å². The summed E-state index contributed by atoms with van der Waals surface area (Å²) in [5.74, 6) is -4.04. The van der Waals surface area contributed by atoms with Crippen LogP contribution < -0.4 is 15.8 Å². The van der Waals surface area contributed by atoms with Gasteiger partial charge in [-0.05, 0) is 47.5 Å². The van der Waals surface area contributed by atoms with E-state index in [2.05, 4.69) is 41.3 Å². The lowest BCUT2D eigenvalue weighted by Gasteiger charge is -2.36. The highest BCUT2D eigenvalue weighted by Crippen LogP contribution is 2.34. The van der Waals surface area contributed by atoms with Crippen LogP contribution >= 0.6 is 27.5 Å². The van der Waals surface area contributed by atoms with E-state index in [0.29, 0.717) is 16.6 Å². The van der Waals surface area contributed by atoms with Crippen LogP contribution in [0, 0.1) is 6.92 Å². The zero-order valence-corrected chi connectivity index (χ0v) is 24.7. The van der Waals surface area contributed by atoms with E-state index >= 15 is 0 Å². The van der Waals surface area contributed by atoms with E-state index in [0.717, 1.165) is 17.0 Å². The van der Waals surface area contributed by atoms with Gasteiger partial charge in [0.15, 0.2) is 11.4 Å². The smallest absolute Gasteiger partial charge is 0.416 e. The van der Waals surface area contributed by atoms with Crippen molar-refractivity contribution in [2.45, 2.75) is 33.0 Å². The number of aromatic hydroxyl groups is 1. The van der Waals surface area contributed by atoms with Gasteiger partial charge in [0.25, 0.3) is 11.5 Å². The number of hydrogen-bond donors (Lipinski definition) is 2. The maximum atomic E-state index is 14.1. The Morgan fingerprint density at radius 3 is 2.55 bits per heavy atom. The number of amides is 2. The van der Waals surface area contributed by atoms with Gasteiger partial charge in [-0.2, -0.15) is 22.7 Å². The Bertz CT molecular complexity index is 2180. The van der Waals surface area contributed by atoms with Gasteiger partial charge >= 0.3 is 6.18 Å². The average Bonchev–Trinajstić information content (AvgIpc) is 3.42. The largest absolute Gasteiger partial charge is 0.504 e. The van der Waals surface area contributed by atoms with E-state index in [1.807, 2.05) is 0 Å². The second-order valence-electron chi connectivity index (χ2n) is 8.95. The molecule has 0 aliphatic carbocycles. The van der Waals surface area contributed by atoms with Crippen molar-refractivity contribution in [3.8, 4) is 5.75 Å². The number of anilines is 2. The van der Waals surface area contributed by atoms with Crippen LogP contribution in [0.2, 0.25) is 5.02 Å². The molecule has 1 aliphatic heterocycles. The number of piperazine rings is 1. The molecule has 2 N–H and O–H groups in total. The number of aryl methyl sites for hydroxylation is 1. The zero-order chi connectivity index (χ0) is 39.1. The second-order valence-corrected chi connectivity index (χ2v) is 10.1. The van der Waals surface area contributed by atoms with Crippen LogP contribution in [0.15, 0.2) is 34.1 Å². The van der Waals surface area contributed by atoms with Crippen molar-refractivity contribution in [2.24, 2.45) is 0 Å². The highest BCUT2D eigenvalue weighted by molar-refractivity contribution is 9.10. The summed E-state index contributed by atoms with van der Waals surface area (Å²) < 4.78 is 111. The molecular weight excluding hydrogens is 675 g/mol. The predicted octanol–water partition coefficient (Wildman–Crippen LogP) is 3.29. The molecule has 0 bridgehead atoms. The molecule has 0 saturated carbocycles. The van der Waals surface area contributed by atoms with E-state index in [4.69, 9.17) is 22.6 Å². The molecule has 0 atom stereocenters. The van der Waals surface area contributed by atoms with Gasteiger partial charge in [0, 0.05) is 26.0 Å². The van der Waals surface area contributed by atoms with E-state index in [1.165, 1.54) is 13.8 Å². The molecule has 4 aromatic rings. The fraction of sp³-hybridized carbons (Fsp3) is 0.346. The van der Waals surface area contributed by atoms with Gasteiger partial charge in [-0.1, -0.05) is 18.5 Å². The Morgan fingerprint density at radius 1 is 1.20 bits per heavy atom. The molecule has 44 heavy (non-hydrogen) atoms. The minimum atomic E-state index is -4.74. The SMILES string of the molecule is [2H]C1([2H])N(C(=O)c2ncnc(C)c2O)C([2H])([2H])C([2H])([2H])N(c2c(CC)n(CC(=O)Nc3ccc(C(F)(F)F)cc3Cl)c3nc(Br)nn3c2=O)C1([2H])[2H]. The van der Waals surface area contributed by atoms with Crippen LogP contribution in [-0.2, 0) is 23.9 Å². The standard InChI is InChI=1S/C26H24BrClF3N9O4/c1-3-17-20(37-6-8-38(9-7-37)22(43)19-21(42)13(2)32-12-33-19)23(44)40-25(35-24(27)36-40)39(17)11-18(41)34-16-5-4-14(10-15(16)28)26(29,30)31/h4-5,10,12,42H,3,6-9,11H2,1-2H3,(H,34,41)/i6D2,7D2,8D2,9D2. The third-order valence-corrected chi connectivity index (χ3v) is 6.84. The Labute approximate surface area is 271 Å². The van der Waals surface area contributed by atoms with Gasteiger partial charge < -0.3 is 24.8 Å². The molecule has 1 saturated heterocycles. The number of hydrogen-bond acceptors (Lipinski definition) is 9. The number of nitrogens with zero attached hydrogens (tertiary/aromatic N) is 8. The lowest BCUT2D eigenvalue weighted by molar-refractivity contribution is -0.137. The normalized spacial score (nSPS) is 21.2. The fourth-order valence-electron chi connectivity index (χ4n) is 4.14. The van der Waals surface area contributed by atoms with Crippen molar-refractivity contribution in [1.29, 1.82) is 0 Å². The molecule has 0 unspecified atom stereocenters. The van der Waals surface area contributed by atoms with Gasteiger partial charge in [-0.25, -0.2) is 9.97 Å². The number of aromatic nitrogens is 6. The monoisotopic (exact) mass is 705 g/mol. The van der Waals surface area contributed by atoms with Crippen molar-refractivity contribution in [2.75, 3.05) is 36.2 Å². The summed E-state index contributed by atoms with van der Waals surface area (Å²) in [5, 5.41) is 16.1. The first-order valence-corrected chi connectivity index (χ1v) is 13.5. The third-order valence-electron chi connectivity index (χ3n) is 6.19. The maximum Gasteiger partial charge on any atom is 0.416 e. The van der Waals surface area contributed by atoms with Crippen molar-refractivity contribution < 1.29 is 38.8 Å². The Balaban J connectivity index is 1.69. The molecular formula is C26H24BrClF3N9O4. The molecule has 0 radical (unpaired) electrons. The molecule has 232 valence electrons. The lowest BCUT2D eigenvalue weighted by Crippen LogP contribution is -2.51. The molecule has 0 spiro atoms. The van der Waals surface area contributed by atoms with Crippen molar-refractivity contribution in [1.82, 2.24) is 34.0 Å². The van der Waals surface area contributed by atoms with Gasteiger partial charge in [-0.3, -0.25) is 14.4 Å². The number of carbonyl (C=O) groups is 2. The van der Waals surface area contributed by atoms with Gasteiger partial charge in [0.05, 0.1) is 38.6 Å². The molecule has 3 aromatic heterocycles. The quantitative estimate of drug-likeness (QED) is 0.308. The van der Waals surface area contributed by atoms with E-state index < -0.39 is 94.4 Å². The van der Waals surface area contributed by atoms with Crippen LogP contribution in [0.1, 0.15) is 45.3 Å². The average molecular weight is 707 g/mol. The van der Waals surface area contributed by atoms with Crippen LogP contribution in [-0.4, -0.2) is 76.9 Å². The molecule has 4 heterocycles. The summed E-state index contributed by atoms with van der Waals surface area (Å²) in [7, 11) is 0. The van der Waals surface area contributed by atoms with Gasteiger partial charge in [-0.15, -0.1) is 5.10 Å². The topological polar surface area (TPSA) is 151 Å². The number of halogens is 5. The summed E-state index contributed by atoms with van der Waals surface area (Å²) in [6, 6.07) is 2.12. The molecule has 2 amide bonds. The molecule has 5 rings (SSSR count). The van der Waals surface area contributed by atoms with Crippen LogP contribution in [0.5, 0.6) is 5.75 Å². The highest BCUT2D eigenvalue weighted by atomic mass is 79.9. The summed E-state index contributed by atoms with van der Waals surface area (Å²) in [5.41, 5.74) is -5.26. The van der Waals surface area contributed by atoms with Gasteiger partial charge in [0.2, 0.25) is 16.4 Å². The van der Waals surface area contributed by atoms with Crippen molar-refractivity contribution in [3.63, 3.8) is 0 Å². The van der Waals surface area contributed by atoms with Crippen LogP contribution in [0.3, 0.4) is 0 Å². The number of benzene rings is 1. The number of fused-ring (bicyclic) bond motifs is 1. The first kappa shape index (κ1) is 22.3. The van der Waals surface area contributed by atoms with E-state index in [9.17, 15) is 32.7 Å². The minimum absolute atomic E-state index is 0.119. The summed E-state index contributed by atoms with van der Waals surface area (Å²) >= 11 is 8.98. The number of carbonyl (C=O) groups excluding carboxylic acids is 2. The fourth-order valence-corrected chi connectivity index (χ4v) is 4.68. The molecule has 13 nitrogen and oxygen atoms in total. The summed E-state index contributed by atoms with van der Waals surface area (Å²) in [6.45, 7) is -13.6. The second kappa shape index (κ2) is 12.0.